The summed E-state index contributed by atoms with van der Waals surface area (Å²) in [5.41, 5.74) is 2.51. The van der Waals surface area contributed by atoms with Gasteiger partial charge in [-0.1, -0.05) is 5.16 Å². The topological polar surface area (TPSA) is 90.0 Å². The number of anilines is 1. The molecule has 0 saturated heterocycles. The van der Waals surface area contributed by atoms with Gasteiger partial charge in [0.25, 0.3) is 10.0 Å². The minimum atomic E-state index is -3.76. The monoisotopic (exact) mass is 348 g/mol. The molecule has 24 heavy (non-hydrogen) atoms. The van der Waals surface area contributed by atoms with Crippen molar-refractivity contribution in [3.05, 3.63) is 35.5 Å². The SMILES string of the molecule is Cc1noc(C)c1S(=O)(=O)Nc1ccc2c(c1)nc(C)n2C(C)C. The van der Waals surface area contributed by atoms with Crippen LogP contribution in [0.15, 0.2) is 27.6 Å². The third kappa shape index (κ3) is 2.66. The third-order valence-electron chi connectivity index (χ3n) is 3.87. The summed E-state index contributed by atoms with van der Waals surface area (Å²) in [6.45, 7) is 9.28. The Morgan fingerprint density at radius 2 is 1.92 bits per heavy atom. The summed E-state index contributed by atoms with van der Waals surface area (Å²) >= 11 is 0. The fourth-order valence-corrected chi connectivity index (χ4v) is 4.38. The maximum atomic E-state index is 12.6. The molecule has 0 aliphatic rings. The number of benzene rings is 1. The van der Waals surface area contributed by atoms with Crippen LogP contribution in [0.25, 0.3) is 11.0 Å². The fourth-order valence-electron chi connectivity index (χ4n) is 3.00. The van der Waals surface area contributed by atoms with E-state index in [4.69, 9.17) is 4.52 Å². The molecule has 8 heteroatoms. The first-order chi connectivity index (χ1) is 11.2. The highest BCUT2D eigenvalue weighted by molar-refractivity contribution is 7.92. The second-order valence-electron chi connectivity index (χ2n) is 6.09. The molecule has 0 aliphatic carbocycles. The van der Waals surface area contributed by atoms with Crippen molar-refractivity contribution in [2.24, 2.45) is 0 Å². The second-order valence-corrected chi connectivity index (χ2v) is 7.70. The molecule has 1 N–H and O–H groups in total. The minimum absolute atomic E-state index is 0.0755. The molecule has 0 atom stereocenters. The zero-order valence-electron chi connectivity index (χ0n) is 14.3. The van der Waals surface area contributed by atoms with E-state index in [1.165, 1.54) is 0 Å². The van der Waals surface area contributed by atoms with E-state index in [0.717, 1.165) is 16.9 Å². The highest BCUT2D eigenvalue weighted by Crippen LogP contribution is 2.26. The highest BCUT2D eigenvalue weighted by atomic mass is 32.2. The Morgan fingerprint density at radius 3 is 2.50 bits per heavy atom. The number of aromatic nitrogens is 3. The zero-order valence-corrected chi connectivity index (χ0v) is 15.1. The first kappa shape index (κ1) is 16.5. The molecule has 0 spiro atoms. The van der Waals surface area contributed by atoms with Crippen molar-refractivity contribution in [3.8, 4) is 0 Å². The Hall–Kier alpha value is -2.35. The van der Waals surface area contributed by atoms with Crippen molar-refractivity contribution in [2.75, 3.05) is 4.72 Å². The van der Waals surface area contributed by atoms with E-state index in [1.807, 2.05) is 13.0 Å². The van der Waals surface area contributed by atoms with E-state index in [0.29, 0.717) is 11.4 Å². The standard InChI is InChI=1S/C16H20N4O3S/c1-9(2)20-12(5)17-14-8-13(6-7-15(14)20)19-24(21,22)16-10(3)18-23-11(16)4/h6-9,19H,1-5H3. The third-order valence-corrected chi connectivity index (χ3v) is 5.50. The van der Waals surface area contributed by atoms with E-state index in [-0.39, 0.29) is 16.7 Å². The molecular formula is C16H20N4O3S. The number of fused-ring (bicyclic) bond motifs is 1. The Kier molecular flexibility index (Phi) is 3.87. The van der Waals surface area contributed by atoms with Crippen LogP contribution in [0.5, 0.6) is 0 Å². The van der Waals surface area contributed by atoms with Gasteiger partial charge in [-0.15, -0.1) is 0 Å². The summed E-state index contributed by atoms with van der Waals surface area (Å²) in [6.07, 6.45) is 0. The lowest BCUT2D eigenvalue weighted by Crippen LogP contribution is -2.14. The molecule has 128 valence electrons. The van der Waals surface area contributed by atoms with Crippen LogP contribution >= 0.6 is 0 Å². The molecule has 1 aromatic carbocycles. The van der Waals surface area contributed by atoms with Gasteiger partial charge in [0.15, 0.2) is 10.7 Å². The molecule has 2 aromatic heterocycles. The van der Waals surface area contributed by atoms with Crippen LogP contribution in [0.2, 0.25) is 0 Å². The van der Waals surface area contributed by atoms with Gasteiger partial charge in [0.05, 0.1) is 16.7 Å². The molecule has 0 bridgehead atoms. The Morgan fingerprint density at radius 1 is 1.21 bits per heavy atom. The number of hydrogen-bond acceptors (Lipinski definition) is 5. The van der Waals surface area contributed by atoms with Gasteiger partial charge < -0.3 is 9.09 Å². The average Bonchev–Trinajstić information content (AvgIpc) is 2.96. The highest BCUT2D eigenvalue weighted by Gasteiger charge is 2.24. The summed E-state index contributed by atoms with van der Waals surface area (Å²) in [6, 6.07) is 5.62. The number of rotatable bonds is 4. The van der Waals surface area contributed by atoms with Gasteiger partial charge in [0.2, 0.25) is 0 Å². The lowest BCUT2D eigenvalue weighted by Gasteiger charge is -2.11. The molecule has 0 saturated carbocycles. The fraction of sp³-hybridized carbons (Fsp3) is 0.375. The number of imidazole rings is 1. The minimum Gasteiger partial charge on any atom is -0.360 e. The first-order valence-corrected chi connectivity index (χ1v) is 9.13. The lowest BCUT2D eigenvalue weighted by atomic mass is 10.2. The predicted octanol–water partition coefficient (Wildman–Crippen LogP) is 3.33. The Bertz CT molecular complexity index is 996. The largest absolute Gasteiger partial charge is 0.360 e. The number of aryl methyl sites for hydroxylation is 3. The van der Waals surface area contributed by atoms with Crippen molar-refractivity contribution >= 4 is 26.7 Å². The van der Waals surface area contributed by atoms with E-state index >= 15 is 0 Å². The van der Waals surface area contributed by atoms with Crippen LogP contribution in [0.4, 0.5) is 5.69 Å². The van der Waals surface area contributed by atoms with Crippen molar-refractivity contribution < 1.29 is 12.9 Å². The van der Waals surface area contributed by atoms with E-state index in [2.05, 4.69) is 33.3 Å². The maximum Gasteiger partial charge on any atom is 0.267 e. The smallest absolute Gasteiger partial charge is 0.267 e. The zero-order chi connectivity index (χ0) is 17.6. The lowest BCUT2D eigenvalue weighted by molar-refractivity contribution is 0.390. The van der Waals surface area contributed by atoms with Crippen molar-refractivity contribution in [2.45, 2.75) is 45.6 Å². The van der Waals surface area contributed by atoms with Crippen LogP contribution in [0, 0.1) is 20.8 Å². The van der Waals surface area contributed by atoms with Crippen LogP contribution in [0.3, 0.4) is 0 Å². The number of nitrogens with one attached hydrogen (secondary N) is 1. The number of hydrogen-bond donors (Lipinski definition) is 1. The van der Waals surface area contributed by atoms with Gasteiger partial charge in [-0.05, 0) is 52.8 Å². The molecule has 7 nitrogen and oxygen atoms in total. The predicted molar refractivity (Wildman–Crippen MR) is 91.6 cm³/mol. The van der Waals surface area contributed by atoms with E-state index in [1.54, 1.807) is 26.0 Å². The van der Waals surface area contributed by atoms with Crippen LogP contribution in [-0.2, 0) is 10.0 Å². The first-order valence-electron chi connectivity index (χ1n) is 7.65. The van der Waals surface area contributed by atoms with Crippen LogP contribution in [0.1, 0.15) is 37.2 Å². The molecule has 0 radical (unpaired) electrons. The molecular weight excluding hydrogens is 328 g/mol. The van der Waals surface area contributed by atoms with Crippen LogP contribution < -0.4 is 4.72 Å². The molecule has 0 fully saturated rings. The molecule has 2 heterocycles. The van der Waals surface area contributed by atoms with Gasteiger partial charge >= 0.3 is 0 Å². The molecule has 0 amide bonds. The van der Waals surface area contributed by atoms with Crippen molar-refractivity contribution in [1.82, 2.24) is 14.7 Å². The molecule has 0 unspecified atom stereocenters. The quantitative estimate of drug-likeness (QED) is 0.781. The summed E-state index contributed by atoms with van der Waals surface area (Å²) in [7, 11) is -3.76. The van der Waals surface area contributed by atoms with E-state index in [9.17, 15) is 8.42 Å². The second kappa shape index (κ2) is 5.62. The van der Waals surface area contributed by atoms with Gasteiger partial charge in [0, 0.05) is 6.04 Å². The van der Waals surface area contributed by atoms with Crippen LogP contribution in [-0.4, -0.2) is 23.1 Å². The van der Waals surface area contributed by atoms with Gasteiger partial charge in [0.1, 0.15) is 11.5 Å². The van der Waals surface area contributed by atoms with Gasteiger partial charge in [-0.3, -0.25) is 4.72 Å². The average molecular weight is 348 g/mol. The van der Waals surface area contributed by atoms with Gasteiger partial charge in [-0.2, -0.15) is 0 Å². The normalized spacial score (nSPS) is 12.2. The molecule has 0 aliphatic heterocycles. The summed E-state index contributed by atoms with van der Waals surface area (Å²) < 4.78 is 34.8. The van der Waals surface area contributed by atoms with E-state index < -0.39 is 10.0 Å². The Balaban J connectivity index is 2.02. The summed E-state index contributed by atoms with van der Waals surface area (Å²) in [5, 5.41) is 3.70. The van der Waals surface area contributed by atoms with Crippen molar-refractivity contribution in [1.29, 1.82) is 0 Å². The van der Waals surface area contributed by atoms with Crippen molar-refractivity contribution in [3.63, 3.8) is 0 Å². The van der Waals surface area contributed by atoms with Gasteiger partial charge in [-0.25, -0.2) is 13.4 Å². The summed E-state index contributed by atoms with van der Waals surface area (Å²) in [5.74, 6) is 1.16. The Labute approximate surface area is 140 Å². The molecule has 3 aromatic rings. The maximum absolute atomic E-state index is 12.6. The molecule has 3 rings (SSSR count). The number of nitrogens with zero attached hydrogens (tertiary/aromatic N) is 3. The number of sulfonamides is 1. The summed E-state index contributed by atoms with van der Waals surface area (Å²) in [4.78, 5) is 4.60.